The van der Waals surface area contributed by atoms with Crippen LogP contribution < -0.4 is 5.32 Å². The van der Waals surface area contributed by atoms with Crippen molar-refractivity contribution in [2.75, 3.05) is 11.9 Å². The summed E-state index contributed by atoms with van der Waals surface area (Å²) in [5.41, 5.74) is 0.332. The van der Waals surface area contributed by atoms with Crippen LogP contribution >= 0.6 is 34.8 Å². The molecule has 1 aromatic carbocycles. The Kier molecular flexibility index (Phi) is 5.60. The smallest absolute Gasteiger partial charge is 0.341 e. The summed E-state index contributed by atoms with van der Waals surface area (Å²) in [4.78, 5) is 27.3. The van der Waals surface area contributed by atoms with Gasteiger partial charge in [0, 0.05) is 6.20 Å². The van der Waals surface area contributed by atoms with Crippen molar-refractivity contribution in [3.63, 3.8) is 0 Å². The summed E-state index contributed by atoms with van der Waals surface area (Å²) in [6.45, 7) is -0.508. The molecule has 22 heavy (non-hydrogen) atoms. The van der Waals surface area contributed by atoms with E-state index in [9.17, 15) is 9.59 Å². The van der Waals surface area contributed by atoms with Crippen molar-refractivity contribution >= 4 is 52.4 Å². The monoisotopic (exact) mass is 358 g/mol. The zero-order valence-electron chi connectivity index (χ0n) is 11.0. The van der Waals surface area contributed by atoms with Crippen LogP contribution in [-0.4, -0.2) is 23.5 Å². The molecule has 0 saturated carbocycles. The van der Waals surface area contributed by atoms with Crippen LogP contribution in [0.1, 0.15) is 10.4 Å². The lowest BCUT2D eigenvalue weighted by Crippen LogP contribution is -2.21. The normalized spacial score (nSPS) is 10.1. The molecule has 1 aromatic heterocycles. The molecule has 8 heteroatoms. The molecule has 5 nitrogen and oxygen atoms in total. The number of aromatic nitrogens is 1. The average molecular weight is 360 g/mol. The summed E-state index contributed by atoms with van der Waals surface area (Å²) in [6, 6.07) is 7.77. The van der Waals surface area contributed by atoms with Crippen LogP contribution in [0, 0.1) is 0 Å². The minimum Gasteiger partial charge on any atom is -0.452 e. The zero-order chi connectivity index (χ0) is 16.1. The number of halogens is 3. The molecular formula is C14H9Cl3N2O3. The van der Waals surface area contributed by atoms with E-state index in [2.05, 4.69) is 10.3 Å². The van der Waals surface area contributed by atoms with Gasteiger partial charge in [-0.25, -0.2) is 9.78 Å². The van der Waals surface area contributed by atoms with Crippen LogP contribution in [0.25, 0.3) is 0 Å². The van der Waals surface area contributed by atoms with E-state index in [0.717, 1.165) is 0 Å². The molecule has 1 N–H and O–H groups in total. The molecule has 0 aliphatic rings. The number of para-hydroxylation sites is 1. The van der Waals surface area contributed by atoms with Crippen molar-refractivity contribution in [1.82, 2.24) is 4.98 Å². The molecule has 114 valence electrons. The molecule has 0 atom stereocenters. The lowest BCUT2D eigenvalue weighted by atomic mass is 10.3. The molecule has 0 radical (unpaired) electrons. The molecular weight excluding hydrogens is 351 g/mol. The highest BCUT2D eigenvalue weighted by atomic mass is 35.5. The Bertz CT molecular complexity index is 702. The van der Waals surface area contributed by atoms with Gasteiger partial charge in [0.15, 0.2) is 6.61 Å². The topological polar surface area (TPSA) is 68.3 Å². The highest BCUT2D eigenvalue weighted by Gasteiger charge is 2.15. The van der Waals surface area contributed by atoms with Gasteiger partial charge in [-0.3, -0.25) is 4.79 Å². The molecule has 0 aliphatic carbocycles. The first-order valence-corrected chi connectivity index (χ1v) is 7.14. The Balaban J connectivity index is 1.96. The second-order valence-electron chi connectivity index (χ2n) is 4.06. The lowest BCUT2D eigenvalue weighted by molar-refractivity contribution is -0.119. The summed E-state index contributed by atoms with van der Waals surface area (Å²) in [6.07, 6.45) is 1.44. The van der Waals surface area contributed by atoms with Gasteiger partial charge in [-0.15, -0.1) is 0 Å². The number of rotatable bonds is 4. The zero-order valence-corrected chi connectivity index (χ0v) is 13.2. The molecule has 1 heterocycles. The number of carbonyl (C=O) groups excluding carboxylic acids is 2. The van der Waals surface area contributed by atoms with E-state index >= 15 is 0 Å². The van der Waals surface area contributed by atoms with E-state index in [-0.39, 0.29) is 26.4 Å². The first-order chi connectivity index (χ1) is 10.5. The van der Waals surface area contributed by atoms with E-state index < -0.39 is 18.5 Å². The molecule has 1 amide bonds. The van der Waals surface area contributed by atoms with Crippen molar-refractivity contribution in [3.8, 4) is 0 Å². The summed E-state index contributed by atoms with van der Waals surface area (Å²) in [5.74, 6) is -1.33. The van der Waals surface area contributed by atoms with Gasteiger partial charge in [0.2, 0.25) is 0 Å². The predicted molar refractivity (Wildman–Crippen MR) is 84.6 cm³/mol. The van der Waals surface area contributed by atoms with Crippen LogP contribution in [0.3, 0.4) is 0 Å². The number of nitrogens with zero attached hydrogens (tertiary/aromatic N) is 1. The number of hydrogen-bond donors (Lipinski definition) is 1. The molecule has 0 saturated heterocycles. The fraction of sp³-hybridized carbons (Fsp3) is 0.0714. The SMILES string of the molecule is O=C(COC(=O)c1cccnc1Cl)Nc1c(Cl)cccc1Cl. The number of amides is 1. The maximum atomic E-state index is 11.8. The number of pyridine rings is 1. The van der Waals surface area contributed by atoms with Gasteiger partial charge < -0.3 is 10.1 Å². The molecule has 0 fully saturated rings. The van der Waals surface area contributed by atoms with E-state index in [4.69, 9.17) is 39.5 Å². The number of carbonyl (C=O) groups is 2. The first-order valence-electron chi connectivity index (χ1n) is 6.00. The highest BCUT2D eigenvalue weighted by Crippen LogP contribution is 2.29. The Morgan fingerprint density at radius 3 is 2.41 bits per heavy atom. The molecule has 2 rings (SSSR count). The number of anilines is 1. The number of ether oxygens (including phenoxy) is 1. The largest absolute Gasteiger partial charge is 0.452 e. The van der Waals surface area contributed by atoms with Crippen molar-refractivity contribution in [1.29, 1.82) is 0 Å². The van der Waals surface area contributed by atoms with Crippen LogP contribution in [0.2, 0.25) is 15.2 Å². The number of benzene rings is 1. The Morgan fingerprint density at radius 1 is 1.09 bits per heavy atom. The maximum Gasteiger partial charge on any atom is 0.341 e. The van der Waals surface area contributed by atoms with Crippen LogP contribution in [-0.2, 0) is 9.53 Å². The van der Waals surface area contributed by atoms with Crippen molar-refractivity contribution in [2.45, 2.75) is 0 Å². The summed E-state index contributed by atoms with van der Waals surface area (Å²) in [5, 5.41) is 3.03. The standard InChI is InChI=1S/C14H9Cl3N2O3/c15-9-4-1-5-10(16)12(9)19-11(20)7-22-14(21)8-3-2-6-18-13(8)17/h1-6H,7H2,(H,19,20). The lowest BCUT2D eigenvalue weighted by Gasteiger charge is -2.09. The first kappa shape index (κ1) is 16.5. The van der Waals surface area contributed by atoms with Crippen molar-refractivity contribution < 1.29 is 14.3 Å². The number of hydrogen-bond acceptors (Lipinski definition) is 4. The molecule has 0 spiro atoms. The van der Waals surface area contributed by atoms with Gasteiger partial charge in [0.1, 0.15) is 5.15 Å². The number of esters is 1. The predicted octanol–water partition coefficient (Wildman–Crippen LogP) is 3.84. The third kappa shape index (κ3) is 4.10. The molecule has 0 unspecified atom stereocenters. The fourth-order valence-corrected chi connectivity index (χ4v) is 2.23. The van der Waals surface area contributed by atoms with Gasteiger partial charge >= 0.3 is 5.97 Å². The quantitative estimate of drug-likeness (QED) is 0.665. The highest BCUT2D eigenvalue weighted by molar-refractivity contribution is 6.39. The third-order valence-electron chi connectivity index (χ3n) is 2.54. The minimum atomic E-state index is -0.751. The average Bonchev–Trinajstić information content (AvgIpc) is 2.49. The Morgan fingerprint density at radius 2 is 1.77 bits per heavy atom. The fourth-order valence-electron chi connectivity index (χ4n) is 1.54. The van der Waals surface area contributed by atoms with Gasteiger partial charge in [0.25, 0.3) is 5.91 Å². The van der Waals surface area contributed by atoms with E-state index in [1.807, 2.05) is 0 Å². The van der Waals surface area contributed by atoms with Crippen molar-refractivity contribution in [2.24, 2.45) is 0 Å². The second-order valence-corrected chi connectivity index (χ2v) is 5.24. The van der Waals surface area contributed by atoms with Gasteiger partial charge in [-0.1, -0.05) is 40.9 Å². The van der Waals surface area contributed by atoms with Gasteiger partial charge in [-0.2, -0.15) is 0 Å². The second kappa shape index (κ2) is 7.45. The number of nitrogens with one attached hydrogen (secondary N) is 1. The van der Waals surface area contributed by atoms with Crippen LogP contribution in [0.5, 0.6) is 0 Å². The summed E-state index contributed by atoms with van der Waals surface area (Å²) in [7, 11) is 0. The van der Waals surface area contributed by atoms with Crippen molar-refractivity contribution in [3.05, 3.63) is 57.3 Å². The van der Waals surface area contributed by atoms with E-state index in [1.165, 1.54) is 18.3 Å². The Hall–Kier alpha value is -1.82. The third-order valence-corrected chi connectivity index (χ3v) is 3.47. The van der Waals surface area contributed by atoms with Crippen LogP contribution in [0.4, 0.5) is 5.69 Å². The molecule has 0 bridgehead atoms. The molecule has 0 aliphatic heterocycles. The van der Waals surface area contributed by atoms with E-state index in [1.54, 1.807) is 18.2 Å². The summed E-state index contributed by atoms with van der Waals surface area (Å²) < 4.78 is 4.86. The van der Waals surface area contributed by atoms with Gasteiger partial charge in [-0.05, 0) is 24.3 Å². The molecule has 2 aromatic rings. The minimum absolute atomic E-state index is 0.00190. The van der Waals surface area contributed by atoms with Crippen LogP contribution in [0.15, 0.2) is 36.5 Å². The Labute approximate surface area is 141 Å². The maximum absolute atomic E-state index is 11.8. The van der Waals surface area contributed by atoms with E-state index in [0.29, 0.717) is 0 Å². The van der Waals surface area contributed by atoms with Gasteiger partial charge in [0.05, 0.1) is 21.3 Å². The summed E-state index contributed by atoms with van der Waals surface area (Å²) >= 11 is 17.6.